The van der Waals surface area contributed by atoms with Crippen LogP contribution in [-0.4, -0.2) is 44.9 Å². The number of aromatic nitrogens is 1. The van der Waals surface area contributed by atoms with Crippen LogP contribution < -0.4 is 4.90 Å². The number of rotatable bonds is 7. The van der Waals surface area contributed by atoms with E-state index in [1.165, 1.54) is 7.11 Å². The van der Waals surface area contributed by atoms with Crippen LogP contribution in [0.25, 0.3) is 0 Å². The lowest BCUT2D eigenvalue weighted by Gasteiger charge is -2.23. The molecule has 0 bridgehead atoms. The molecule has 0 aliphatic carbocycles. The molecule has 1 heterocycles. The molecule has 1 rings (SSSR count). The molecule has 6 nitrogen and oxygen atoms in total. The Morgan fingerprint density at radius 1 is 1.47 bits per heavy atom. The van der Waals surface area contributed by atoms with Crippen molar-refractivity contribution in [3.8, 4) is 6.07 Å². The van der Waals surface area contributed by atoms with Gasteiger partial charge in [0.05, 0.1) is 26.2 Å². The summed E-state index contributed by atoms with van der Waals surface area (Å²) in [4.78, 5) is 17.4. The minimum Gasteiger partial charge on any atom is -0.464 e. The lowest BCUT2D eigenvalue weighted by molar-refractivity contribution is 0.0594. The summed E-state index contributed by atoms with van der Waals surface area (Å²) in [5.41, 5.74) is 1.07. The Balaban J connectivity index is 2.88. The molecule has 6 heteroatoms. The van der Waals surface area contributed by atoms with E-state index in [9.17, 15) is 4.79 Å². The maximum absolute atomic E-state index is 11.4. The van der Waals surface area contributed by atoms with E-state index < -0.39 is 5.97 Å². The van der Waals surface area contributed by atoms with Crippen molar-refractivity contribution in [3.05, 3.63) is 24.0 Å². The van der Waals surface area contributed by atoms with Crippen LogP contribution in [0, 0.1) is 11.3 Å². The molecule has 0 unspecified atom stereocenters. The van der Waals surface area contributed by atoms with E-state index in [0.717, 1.165) is 5.69 Å². The van der Waals surface area contributed by atoms with E-state index in [4.69, 9.17) is 10.00 Å². The zero-order valence-corrected chi connectivity index (χ0v) is 11.1. The van der Waals surface area contributed by atoms with Crippen LogP contribution in [0.1, 0.15) is 16.9 Å². The fourth-order valence-electron chi connectivity index (χ4n) is 1.59. The summed E-state index contributed by atoms with van der Waals surface area (Å²) in [7, 11) is 2.93. The molecule has 0 spiro atoms. The summed E-state index contributed by atoms with van der Waals surface area (Å²) >= 11 is 0. The molecule has 0 atom stereocenters. The van der Waals surface area contributed by atoms with Gasteiger partial charge in [-0.25, -0.2) is 9.78 Å². The average Bonchev–Trinajstić information content (AvgIpc) is 2.46. The van der Waals surface area contributed by atoms with Crippen LogP contribution in [0.3, 0.4) is 0 Å². The largest absolute Gasteiger partial charge is 0.464 e. The normalized spacial score (nSPS) is 9.74. The maximum Gasteiger partial charge on any atom is 0.356 e. The van der Waals surface area contributed by atoms with Crippen LogP contribution in [0.4, 0.5) is 5.69 Å². The van der Waals surface area contributed by atoms with Crippen molar-refractivity contribution in [2.75, 3.05) is 38.8 Å². The maximum atomic E-state index is 11.4. The van der Waals surface area contributed by atoms with Crippen molar-refractivity contribution in [1.29, 1.82) is 5.26 Å². The molecule has 1 aromatic rings. The number of nitriles is 1. The first kappa shape index (κ1) is 14.9. The van der Waals surface area contributed by atoms with Gasteiger partial charge in [0.1, 0.15) is 5.69 Å². The number of carbonyl (C=O) groups is 1. The monoisotopic (exact) mass is 263 g/mol. The number of pyridine rings is 1. The highest BCUT2D eigenvalue weighted by Gasteiger charge is 2.11. The predicted octanol–water partition coefficient (Wildman–Crippen LogP) is 1.23. The third-order valence-corrected chi connectivity index (χ3v) is 2.56. The van der Waals surface area contributed by atoms with Gasteiger partial charge in [-0.3, -0.25) is 0 Å². The summed E-state index contributed by atoms with van der Waals surface area (Å²) in [6.07, 6.45) is 1.95. The van der Waals surface area contributed by atoms with E-state index >= 15 is 0 Å². The first-order valence-electron chi connectivity index (χ1n) is 5.88. The molecule has 0 radical (unpaired) electrons. The minimum absolute atomic E-state index is 0.249. The highest BCUT2D eigenvalue weighted by atomic mass is 16.5. The standard InChI is InChI=1S/C13H17N3O3/c1-18-9-8-16(7-3-5-14)11-4-6-15-12(10-11)13(17)19-2/h4,6,10H,3,7-9H2,1-2H3. The quantitative estimate of drug-likeness (QED) is 0.689. The fraction of sp³-hybridized carbons (Fsp3) is 0.462. The number of esters is 1. The fourth-order valence-corrected chi connectivity index (χ4v) is 1.59. The highest BCUT2D eigenvalue weighted by molar-refractivity contribution is 5.88. The molecular formula is C13H17N3O3. The van der Waals surface area contributed by atoms with Gasteiger partial charge >= 0.3 is 5.97 Å². The lowest BCUT2D eigenvalue weighted by atomic mass is 10.2. The van der Waals surface area contributed by atoms with Gasteiger partial charge in [-0.1, -0.05) is 0 Å². The second-order valence-corrected chi connectivity index (χ2v) is 3.78. The van der Waals surface area contributed by atoms with Crippen molar-refractivity contribution in [2.24, 2.45) is 0 Å². The van der Waals surface area contributed by atoms with Crippen molar-refractivity contribution in [1.82, 2.24) is 4.98 Å². The Morgan fingerprint density at radius 3 is 2.89 bits per heavy atom. The number of nitrogens with zero attached hydrogens (tertiary/aromatic N) is 3. The minimum atomic E-state index is -0.478. The van der Waals surface area contributed by atoms with Crippen molar-refractivity contribution < 1.29 is 14.3 Å². The summed E-state index contributed by atoms with van der Waals surface area (Å²) in [5.74, 6) is -0.478. The molecule has 0 saturated heterocycles. The third-order valence-electron chi connectivity index (χ3n) is 2.56. The molecule has 0 aliphatic rings. The SMILES string of the molecule is COCCN(CCC#N)c1ccnc(C(=O)OC)c1. The molecule has 19 heavy (non-hydrogen) atoms. The summed E-state index contributed by atoms with van der Waals surface area (Å²) in [6, 6.07) is 5.55. The number of anilines is 1. The molecule has 1 aromatic heterocycles. The van der Waals surface area contributed by atoms with E-state index in [1.54, 1.807) is 25.4 Å². The molecule has 0 fully saturated rings. The Labute approximate surface area is 112 Å². The Bertz CT molecular complexity index is 457. The van der Waals surface area contributed by atoms with E-state index in [0.29, 0.717) is 26.1 Å². The number of hydrogen-bond donors (Lipinski definition) is 0. The molecular weight excluding hydrogens is 246 g/mol. The first-order valence-corrected chi connectivity index (χ1v) is 5.88. The van der Waals surface area contributed by atoms with Crippen LogP contribution in [-0.2, 0) is 9.47 Å². The number of ether oxygens (including phenoxy) is 2. The van der Waals surface area contributed by atoms with E-state index in [1.807, 2.05) is 4.90 Å². The average molecular weight is 263 g/mol. The van der Waals surface area contributed by atoms with Gasteiger partial charge in [0.2, 0.25) is 0 Å². The number of methoxy groups -OCH3 is 2. The first-order chi connectivity index (χ1) is 9.22. The van der Waals surface area contributed by atoms with Crippen LogP contribution in [0.15, 0.2) is 18.3 Å². The van der Waals surface area contributed by atoms with Crippen molar-refractivity contribution in [2.45, 2.75) is 6.42 Å². The van der Waals surface area contributed by atoms with Gasteiger partial charge < -0.3 is 14.4 Å². The van der Waals surface area contributed by atoms with Crippen molar-refractivity contribution >= 4 is 11.7 Å². The third kappa shape index (κ3) is 4.56. The smallest absolute Gasteiger partial charge is 0.356 e. The van der Waals surface area contributed by atoms with E-state index in [2.05, 4.69) is 15.8 Å². The van der Waals surface area contributed by atoms with Crippen LogP contribution in [0.5, 0.6) is 0 Å². The van der Waals surface area contributed by atoms with Crippen molar-refractivity contribution in [3.63, 3.8) is 0 Å². The van der Waals surface area contributed by atoms with Gasteiger partial charge in [-0.15, -0.1) is 0 Å². The summed E-state index contributed by atoms with van der Waals surface area (Å²) < 4.78 is 9.68. The van der Waals surface area contributed by atoms with Gasteiger partial charge in [0.25, 0.3) is 0 Å². The van der Waals surface area contributed by atoms with E-state index in [-0.39, 0.29) is 5.69 Å². The molecule has 0 aromatic carbocycles. The Kier molecular flexibility index (Phi) is 6.33. The molecule has 0 aliphatic heterocycles. The number of hydrogen-bond acceptors (Lipinski definition) is 6. The Hall–Kier alpha value is -2.13. The molecule has 0 saturated carbocycles. The lowest BCUT2D eigenvalue weighted by Crippen LogP contribution is -2.28. The van der Waals surface area contributed by atoms with Crippen LogP contribution >= 0.6 is 0 Å². The highest BCUT2D eigenvalue weighted by Crippen LogP contribution is 2.15. The topological polar surface area (TPSA) is 75.5 Å². The Morgan fingerprint density at radius 2 is 2.26 bits per heavy atom. The zero-order chi connectivity index (χ0) is 14.1. The summed E-state index contributed by atoms with van der Waals surface area (Å²) in [5, 5.41) is 8.67. The van der Waals surface area contributed by atoms with Gasteiger partial charge in [0, 0.05) is 32.1 Å². The zero-order valence-electron chi connectivity index (χ0n) is 11.1. The second kappa shape index (κ2) is 8.06. The van der Waals surface area contributed by atoms with Crippen LogP contribution in [0.2, 0.25) is 0 Å². The molecule has 0 N–H and O–H groups in total. The molecule has 0 amide bonds. The number of carbonyl (C=O) groups excluding carboxylic acids is 1. The summed E-state index contributed by atoms with van der Waals surface area (Å²) in [6.45, 7) is 1.76. The molecule has 102 valence electrons. The van der Waals surface area contributed by atoms with Gasteiger partial charge in [-0.2, -0.15) is 5.26 Å². The van der Waals surface area contributed by atoms with Gasteiger partial charge in [0.15, 0.2) is 0 Å². The van der Waals surface area contributed by atoms with Gasteiger partial charge in [-0.05, 0) is 12.1 Å². The predicted molar refractivity (Wildman–Crippen MR) is 69.9 cm³/mol. The second-order valence-electron chi connectivity index (χ2n) is 3.78.